The molecule has 0 saturated heterocycles. The van der Waals surface area contributed by atoms with Gasteiger partial charge in [-0.1, -0.05) is 64.5 Å². The highest BCUT2D eigenvalue weighted by Gasteiger charge is 2.24. The van der Waals surface area contributed by atoms with Gasteiger partial charge in [-0.15, -0.1) is 22.0 Å². The summed E-state index contributed by atoms with van der Waals surface area (Å²) in [6, 6.07) is 17.2. The molecule has 0 spiro atoms. The number of hydrogen-bond acceptors (Lipinski definition) is 7. The summed E-state index contributed by atoms with van der Waals surface area (Å²) >= 11 is 9.26. The van der Waals surface area contributed by atoms with Crippen LogP contribution in [0.2, 0.25) is 5.02 Å². The summed E-state index contributed by atoms with van der Waals surface area (Å²) in [4.78, 5) is 14.0. The minimum Gasteiger partial charge on any atom is -0.360 e. The first kappa shape index (κ1) is 19.6. The van der Waals surface area contributed by atoms with Crippen LogP contribution in [0.1, 0.15) is 21.1 Å². The number of hydrogen-bond donors (Lipinski definition) is 1. The third-order valence-electron chi connectivity index (χ3n) is 4.01. The fourth-order valence-electron chi connectivity index (χ4n) is 2.66. The fraction of sp³-hybridized carbons (Fsp3) is 0.100. The molecule has 0 saturated carbocycles. The van der Waals surface area contributed by atoms with E-state index in [0.717, 1.165) is 9.90 Å². The van der Waals surface area contributed by atoms with Gasteiger partial charge in [0.05, 0.1) is 10.8 Å². The van der Waals surface area contributed by atoms with Crippen molar-refractivity contribution in [2.24, 2.45) is 0 Å². The van der Waals surface area contributed by atoms with Crippen LogP contribution in [0.3, 0.4) is 0 Å². The topological polar surface area (TPSA) is 80.9 Å². The van der Waals surface area contributed by atoms with Gasteiger partial charge in [-0.2, -0.15) is 0 Å². The molecule has 29 heavy (non-hydrogen) atoms. The lowest BCUT2D eigenvalue weighted by atomic mass is 10.1. The molecule has 1 amide bonds. The van der Waals surface area contributed by atoms with Crippen LogP contribution in [0.4, 0.5) is 5.13 Å². The molecule has 2 aromatic heterocycles. The van der Waals surface area contributed by atoms with Gasteiger partial charge in [0.15, 0.2) is 0 Å². The molecule has 0 aliphatic rings. The van der Waals surface area contributed by atoms with Gasteiger partial charge in [0.2, 0.25) is 5.13 Å². The maximum atomic E-state index is 12.9. The number of carbonyl (C=O) groups excluding carboxylic acids is 1. The van der Waals surface area contributed by atoms with Gasteiger partial charge in [-0.25, -0.2) is 0 Å². The second kappa shape index (κ2) is 8.77. The van der Waals surface area contributed by atoms with E-state index in [1.165, 1.54) is 11.3 Å². The molecule has 4 rings (SSSR count). The molecule has 2 aromatic carbocycles. The molecule has 4 aromatic rings. The van der Waals surface area contributed by atoms with Crippen LogP contribution in [0.25, 0.3) is 11.3 Å². The Morgan fingerprint density at radius 1 is 1.14 bits per heavy atom. The van der Waals surface area contributed by atoms with E-state index in [2.05, 4.69) is 20.7 Å². The number of nitrogens with one attached hydrogen (secondary N) is 1. The van der Waals surface area contributed by atoms with E-state index in [-0.39, 0.29) is 5.91 Å². The van der Waals surface area contributed by atoms with E-state index < -0.39 is 0 Å². The Bertz CT molecular complexity index is 1140. The van der Waals surface area contributed by atoms with Crippen LogP contribution in [-0.2, 0) is 5.75 Å². The van der Waals surface area contributed by atoms with Gasteiger partial charge in [-0.05, 0) is 25.1 Å². The Morgan fingerprint density at radius 3 is 2.69 bits per heavy atom. The summed E-state index contributed by atoms with van der Waals surface area (Å²) in [5, 5.41) is 16.8. The van der Waals surface area contributed by atoms with Crippen LogP contribution in [0.15, 0.2) is 64.0 Å². The number of nitrogens with zero attached hydrogens (tertiary/aromatic N) is 3. The first-order chi connectivity index (χ1) is 14.1. The van der Waals surface area contributed by atoms with E-state index in [4.69, 9.17) is 16.1 Å². The van der Waals surface area contributed by atoms with E-state index in [1.807, 2.05) is 42.5 Å². The van der Waals surface area contributed by atoms with Crippen molar-refractivity contribution in [2.75, 3.05) is 5.32 Å². The number of halogens is 1. The fourth-order valence-corrected chi connectivity index (χ4v) is 4.53. The molecule has 0 radical (unpaired) electrons. The van der Waals surface area contributed by atoms with Crippen molar-refractivity contribution in [3.63, 3.8) is 0 Å². The van der Waals surface area contributed by atoms with Gasteiger partial charge in [-0.3, -0.25) is 10.1 Å². The number of aromatic nitrogens is 3. The molecule has 0 atom stereocenters. The van der Waals surface area contributed by atoms with E-state index in [1.54, 1.807) is 30.8 Å². The minimum atomic E-state index is -0.364. The number of thioether (sulfide) groups is 1. The number of anilines is 1. The van der Waals surface area contributed by atoms with Crippen LogP contribution in [0, 0.1) is 6.92 Å². The number of benzene rings is 2. The number of carbonyl (C=O) groups is 1. The predicted octanol–water partition coefficient (Wildman–Crippen LogP) is 5.70. The van der Waals surface area contributed by atoms with E-state index in [0.29, 0.717) is 38.5 Å². The van der Waals surface area contributed by atoms with Crippen molar-refractivity contribution in [2.45, 2.75) is 17.6 Å². The average molecular weight is 443 g/mol. The van der Waals surface area contributed by atoms with Gasteiger partial charge in [0, 0.05) is 10.5 Å². The highest BCUT2D eigenvalue weighted by molar-refractivity contribution is 7.98. The molecular formula is C20H15ClN4O2S2. The van der Waals surface area contributed by atoms with E-state index in [9.17, 15) is 4.79 Å². The first-order valence-electron chi connectivity index (χ1n) is 8.64. The minimum absolute atomic E-state index is 0.327. The average Bonchev–Trinajstić information content (AvgIpc) is 3.34. The lowest BCUT2D eigenvalue weighted by molar-refractivity contribution is 0.102. The lowest BCUT2D eigenvalue weighted by Crippen LogP contribution is -2.13. The molecule has 0 aliphatic heterocycles. The first-order valence-corrected chi connectivity index (χ1v) is 10.8. The Hall–Kier alpha value is -2.68. The predicted molar refractivity (Wildman–Crippen MR) is 116 cm³/mol. The zero-order valence-electron chi connectivity index (χ0n) is 15.3. The monoisotopic (exact) mass is 442 g/mol. The number of rotatable bonds is 6. The smallest absolute Gasteiger partial charge is 0.263 e. The highest BCUT2D eigenvalue weighted by Crippen LogP contribution is 2.32. The summed E-state index contributed by atoms with van der Waals surface area (Å²) in [5.41, 5.74) is 1.36. The zero-order valence-corrected chi connectivity index (χ0v) is 17.6. The van der Waals surface area contributed by atoms with Crippen molar-refractivity contribution in [1.29, 1.82) is 0 Å². The maximum Gasteiger partial charge on any atom is 0.263 e. The number of amides is 1. The standard InChI is InChI=1S/C20H15ClN4O2S2/c1-12-17(18(25-27-12)14-9-5-6-10-15(14)21)19(26)22-20-24-23-16(29-20)11-28-13-7-3-2-4-8-13/h2-10H,11H2,1H3,(H,22,24,26). The third kappa shape index (κ3) is 4.50. The quantitative estimate of drug-likeness (QED) is 0.386. The summed E-state index contributed by atoms with van der Waals surface area (Å²) < 4.78 is 5.25. The maximum absolute atomic E-state index is 12.9. The Balaban J connectivity index is 1.49. The van der Waals surface area contributed by atoms with Crippen LogP contribution in [-0.4, -0.2) is 21.3 Å². The number of aryl methyl sites for hydroxylation is 1. The molecule has 0 bridgehead atoms. The summed E-state index contributed by atoms with van der Waals surface area (Å²) in [5.74, 6) is 0.716. The summed E-state index contributed by atoms with van der Waals surface area (Å²) in [6.07, 6.45) is 0. The molecule has 0 aliphatic carbocycles. The molecular weight excluding hydrogens is 428 g/mol. The van der Waals surface area contributed by atoms with Gasteiger partial charge in [0.1, 0.15) is 22.0 Å². The second-order valence-electron chi connectivity index (χ2n) is 6.00. The van der Waals surface area contributed by atoms with Gasteiger partial charge in [0.25, 0.3) is 5.91 Å². The van der Waals surface area contributed by atoms with Crippen molar-refractivity contribution in [3.8, 4) is 11.3 Å². The molecule has 1 N–H and O–H groups in total. The van der Waals surface area contributed by atoms with Crippen molar-refractivity contribution in [1.82, 2.24) is 15.4 Å². The van der Waals surface area contributed by atoms with Gasteiger partial charge >= 0.3 is 0 Å². The third-order valence-corrected chi connectivity index (χ3v) is 6.39. The largest absolute Gasteiger partial charge is 0.360 e. The molecule has 0 fully saturated rings. The van der Waals surface area contributed by atoms with Crippen LogP contribution in [0.5, 0.6) is 0 Å². The highest BCUT2D eigenvalue weighted by atomic mass is 35.5. The SMILES string of the molecule is Cc1onc(-c2ccccc2Cl)c1C(=O)Nc1nnc(CSc2ccccc2)s1. The molecule has 0 unspecified atom stereocenters. The van der Waals surface area contributed by atoms with Crippen LogP contribution >= 0.6 is 34.7 Å². The normalized spacial score (nSPS) is 10.8. The Labute approximate surface area is 180 Å². The summed E-state index contributed by atoms with van der Waals surface area (Å²) in [6.45, 7) is 1.68. The van der Waals surface area contributed by atoms with Gasteiger partial charge < -0.3 is 4.52 Å². The van der Waals surface area contributed by atoms with Crippen molar-refractivity contribution >= 4 is 45.7 Å². The Morgan fingerprint density at radius 2 is 1.90 bits per heavy atom. The molecule has 9 heteroatoms. The van der Waals surface area contributed by atoms with Crippen molar-refractivity contribution in [3.05, 3.63) is 76.0 Å². The summed E-state index contributed by atoms with van der Waals surface area (Å²) in [7, 11) is 0. The molecule has 6 nitrogen and oxygen atoms in total. The Kier molecular flexibility index (Phi) is 5.94. The second-order valence-corrected chi connectivity index (χ2v) is 8.52. The lowest BCUT2D eigenvalue weighted by Gasteiger charge is -2.04. The van der Waals surface area contributed by atoms with Crippen LogP contribution < -0.4 is 5.32 Å². The molecule has 146 valence electrons. The zero-order chi connectivity index (χ0) is 20.2. The van der Waals surface area contributed by atoms with Crippen molar-refractivity contribution < 1.29 is 9.32 Å². The molecule has 2 heterocycles. The van der Waals surface area contributed by atoms with E-state index >= 15 is 0 Å².